The maximum Gasteiger partial charge on any atom is 0.277 e. The van der Waals surface area contributed by atoms with Gasteiger partial charge in [0, 0.05) is 11.1 Å². The summed E-state index contributed by atoms with van der Waals surface area (Å²) >= 11 is 0. The molecule has 3 aromatic rings. The molecule has 21 heavy (non-hydrogen) atoms. The van der Waals surface area contributed by atoms with Crippen molar-refractivity contribution < 1.29 is 4.79 Å². The second-order valence-corrected chi connectivity index (χ2v) is 4.57. The Kier molecular flexibility index (Phi) is 3.19. The van der Waals surface area contributed by atoms with Crippen LogP contribution >= 0.6 is 0 Å². The van der Waals surface area contributed by atoms with Gasteiger partial charge >= 0.3 is 0 Å². The minimum atomic E-state index is -0.416. The highest BCUT2D eigenvalue weighted by molar-refractivity contribution is 6.10. The monoisotopic (exact) mass is 280 g/mol. The molecule has 0 saturated heterocycles. The van der Waals surface area contributed by atoms with E-state index in [9.17, 15) is 9.59 Å². The molecule has 6 nitrogen and oxygen atoms in total. The molecule has 1 amide bonds. The van der Waals surface area contributed by atoms with Crippen LogP contribution in [0.2, 0.25) is 0 Å². The van der Waals surface area contributed by atoms with Crippen LogP contribution in [0.4, 0.5) is 5.82 Å². The number of amides is 1. The van der Waals surface area contributed by atoms with E-state index in [0.717, 1.165) is 5.69 Å². The highest BCUT2D eigenvalue weighted by Gasteiger charge is 2.14. The fraction of sp³-hybridized carbons (Fsp3) is 0.0667. The highest BCUT2D eigenvalue weighted by Crippen LogP contribution is 2.14. The molecule has 0 aliphatic heterocycles. The average molecular weight is 280 g/mol. The van der Waals surface area contributed by atoms with Gasteiger partial charge in [-0.15, -0.1) is 0 Å². The summed E-state index contributed by atoms with van der Waals surface area (Å²) in [5.41, 5.74) is 0.636. The molecule has 2 heterocycles. The molecule has 6 heteroatoms. The van der Waals surface area contributed by atoms with Gasteiger partial charge in [-0.25, -0.2) is 10.1 Å². The van der Waals surface area contributed by atoms with Gasteiger partial charge in [0.1, 0.15) is 5.82 Å². The van der Waals surface area contributed by atoms with E-state index in [1.54, 1.807) is 36.4 Å². The van der Waals surface area contributed by atoms with Crippen LogP contribution in [0.25, 0.3) is 10.8 Å². The molecule has 2 N–H and O–H groups in total. The molecule has 0 unspecified atom stereocenters. The zero-order chi connectivity index (χ0) is 14.8. The summed E-state index contributed by atoms with van der Waals surface area (Å²) in [7, 11) is 0. The lowest BCUT2D eigenvalue weighted by atomic mass is 10.1. The van der Waals surface area contributed by atoms with Gasteiger partial charge in [0.15, 0.2) is 5.69 Å². The van der Waals surface area contributed by atoms with Gasteiger partial charge in [0.2, 0.25) is 0 Å². The minimum Gasteiger partial charge on any atom is -0.305 e. The summed E-state index contributed by atoms with van der Waals surface area (Å²) in [4.78, 5) is 28.2. The number of anilines is 1. The van der Waals surface area contributed by atoms with Gasteiger partial charge < -0.3 is 5.32 Å². The molecule has 0 saturated carbocycles. The Labute approximate surface area is 119 Å². The number of carbonyl (C=O) groups is 1. The smallest absolute Gasteiger partial charge is 0.277 e. The van der Waals surface area contributed by atoms with Crippen molar-refractivity contribution in [3.05, 3.63) is 64.2 Å². The number of carbonyl (C=O) groups excluding carboxylic acids is 1. The lowest BCUT2D eigenvalue weighted by Crippen LogP contribution is -2.19. The van der Waals surface area contributed by atoms with Crippen molar-refractivity contribution in [3.8, 4) is 0 Å². The van der Waals surface area contributed by atoms with E-state index in [4.69, 9.17) is 0 Å². The summed E-state index contributed by atoms with van der Waals surface area (Å²) in [6.07, 6.45) is 0. The van der Waals surface area contributed by atoms with E-state index >= 15 is 0 Å². The molecule has 0 atom stereocenters. The van der Waals surface area contributed by atoms with Crippen LogP contribution in [0.15, 0.2) is 47.3 Å². The predicted molar refractivity (Wildman–Crippen MR) is 79.3 cm³/mol. The first-order valence-corrected chi connectivity index (χ1v) is 6.37. The van der Waals surface area contributed by atoms with Crippen molar-refractivity contribution in [3.63, 3.8) is 0 Å². The van der Waals surface area contributed by atoms with E-state index in [0.29, 0.717) is 16.6 Å². The first kappa shape index (κ1) is 13.0. The normalized spacial score (nSPS) is 10.5. The van der Waals surface area contributed by atoms with E-state index in [1.165, 1.54) is 0 Å². The SMILES string of the molecule is Cc1cccc(NC(=O)c2n[nH]c(=O)c3ccccc23)n1. The van der Waals surface area contributed by atoms with Crippen molar-refractivity contribution in [2.24, 2.45) is 0 Å². The average Bonchev–Trinajstić information content (AvgIpc) is 2.48. The number of nitrogens with one attached hydrogen (secondary N) is 2. The predicted octanol–water partition coefficient (Wildman–Crippen LogP) is 1.88. The van der Waals surface area contributed by atoms with Crippen LogP contribution in [-0.2, 0) is 0 Å². The maximum absolute atomic E-state index is 12.3. The summed E-state index contributed by atoms with van der Waals surface area (Å²) in [6, 6.07) is 12.2. The van der Waals surface area contributed by atoms with Crippen molar-refractivity contribution in [2.75, 3.05) is 5.32 Å². The Morgan fingerprint density at radius 1 is 1.10 bits per heavy atom. The van der Waals surface area contributed by atoms with Gasteiger partial charge in [-0.1, -0.05) is 24.3 Å². The standard InChI is InChI=1S/C15H12N4O2/c1-9-5-4-8-12(16-9)17-15(21)13-10-6-2-3-7-11(10)14(20)19-18-13/h2-8H,1H3,(H,19,20)(H,16,17,21). The third-order valence-corrected chi connectivity index (χ3v) is 3.04. The Balaban J connectivity index is 2.03. The number of hydrogen-bond donors (Lipinski definition) is 2. The number of H-pyrrole nitrogens is 1. The van der Waals surface area contributed by atoms with Crippen LogP contribution in [-0.4, -0.2) is 21.1 Å². The molecule has 0 aliphatic rings. The molecular weight excluding hydrogens is 268 g/mol. The first-order chi connectivity index (χ1) is 10.1. The number of pyridine rings is 1. The van der Waals surface area contributed by atoms with Gasteiger partial charge in [0.05, 0.1) is 5.39 Å². The van der Waals surface area contributed by atoms with E-state index in [2.05, 4.69) is 20.5 Å². The highest BCUT2D eigenvalue weighted by atomic mass is 16.2. The van der Waals surface area contributed by atoms with Crippen LogP contribution in [0.5, 0.6) is 0 Å². The Bertz CT molecular complexity index is 886. The molecule has 0 fully saturated rings. The quantitative estimate of drug-likeness (QED) is 0.750. The third kappa shape index (κ3) is 2.51. The van der Waals surface area contributed by atoms with Crippen LogP contribution in [0.3, 0.4) is 0 Å². The fourth-order valence-corrected chi connectivity index (χ4v) is 2.08. The Morgan fingerprint density at radius 2 is 1.86 bits per heavy atom. The molecule has 2 aromatic heterocycles. The Hall–Kier alpha value is -3.02. The molecule has 0 bridgehead atoms. The number of rotatable bonds is 2. The number of aromatic amines is 1. The largest absolute Gasteiger partial charge is 0.305 e. The fourth-order valence-electron chi connectivity index (χ4n) is 2.08. The number of aryl methyl sites for hydroxylation is 1. The molecule has 3 rings (SSSR count). The van der Waals surface area contributed by atoms with Crippen LogP contribution in [0.1, 0.15) is 16.2 Å². The maximum atomic E-state index is 12.3. The molecule has 1 aromatic carbocycles. The van der Waals surface area contributed by atoms with Crippen LogP contribution < -0.4 is 10.9 Å². The molecule has 104 valence electrons. The first-order valence-electron chi connectivity index (χ1n) is 6.37. The summed E-state index contributed by atoms with van der Waals surface area (Å²) in [5.74, 6) is 0.0256. The number of nitrogens with zero attached hydrogens (tertiary/aromatic N) is 2. The number of benzene rings is 1. The lowest BCUT2D eigenvalue weighted by Gasteiger charge is -2.06. The number of aromatic nitrogens is 3. The van der Waals surface area contributed by atoms with E-state index in [-0.39, 0.29) is 11.3 Å². The van der Waals surface area contributed by atoms with Gasteiger partial charge in [-0.05, 0) is 25.1 Å². The number of fused-ring (bicyclic) bond motifs is 1. The van der Waals surface area contributed by atoms with Crippen molar-refractivity contribution in [2.45, 2.75) is 6.92 Å². The van der Waals surface area contributed by atoms with Gasteiger partial charge in [-0.2, -0.15) is 5.10 Å². The van der Waals surface area contributed by atoms with Crippen molar-refractivity contribution >= 4 is 22.5 Å². The summed E-state index contributed by atoms with van der Waals surface area (Å²) < 4.78 is 0. The summed E-state index contributed by atoms with van der Waals surface area (Å²) in [5, 5.41) is 9.79. The lowest BCUT2D eigenvalue weighted by molar-refractivity contribution is 0.102. The third-order valence-electron chi connectivity index (χ3n) is 3.04. The van der Waals surface area contributed by atoms with Crippen LogP contribution in [0, 0.1) is 6.92 Å². The van der Waals surface area contributed by atoms with Gasteiger partial charge in [0.25, 0.3) is 11.5 Å². The zero-order valence-electron chi connectivity index (χ0n) is 11.3. The minimum absolute atomic E-state index is 0.161. The number of hydrogen-bond acceptors (Lipinski definition) is 4. The Morgan fingerprint density at radius 3 is 2.62 bits per heavy atom. The topological polar surface area (TPSA) is 87.7 Å². The van der Waals surface area contributed by atoms with Crippen molar-refractivity contribution in [1.29, 1.82) is 0 Å². The second-order valence-electron chi connectivity index (χ2n) is 4.57. The molecular formula is C15H12N4O2. The van der Waals surface area contributed by atoms with E-state index in [1.807, 2.05) is 13.0 Å². The molecule has 0 aliphatic carbocycles. The zero-order valence-corrected chi connectivity index (χ0v) is 11.3. The molecule has 0 radical (unpaired) electrons. The molecule has 0 spiro atoms. The van der Waals surface area contributed by atoms with E-state index < -0.39 is 5.91 Å². The van der Waals surface area contributed by atoms with Crippen molar-refractivity contribution in [1.82, 2.24) is 15.2 Å². The summed E-state index contributed by atoms with van der Waals surface area (Å²) in [6.45, 7) is 1.84. The second kappa shape index (κ2) is 5.16. The van der Waals surface area contributed by atoms with Gasteiger partial charge in [-0.3, -0.25) is 9.59 Å².